The minimum Gasteiger partial charge on any atom is -0.325 e. The van der Waals surface area contributed by atoms with Gasteiger partial charge in [0.05, 0.1) is 0 Å². The summed E-state index contributed by atoms with van der Waals surface area (Å²) < 4.78 is 1.78. The van der Waals surface area contributed by atoms with Gasteiger partial charge in [0, 0.05) is 42.7 Å². The molecule has 2 aliphatic rings. The second kappa shape index (κ2) is 7.08. The molecule has 4 aromatic rings. The topological polar surface area (TPSA) is 132 Å². The van der Waals surface area contributed by atoms with Crippen molar-refractivity contribution in [1.29, 1.82) is 0 Å². The number of H-pyrrole nitrogens is 2. The van der Waals surface area contributed by atoms with Gasteiger partial charge in [-0.15, -0.1) is 5.10 Å². The number of nitrogens with zero attached hydrogens (tertiary/aromatic N) is 6. The summed E-state index contributed by atoms with van der Waals surface area (Å²) in [5.74, 6) is 2.82. The van der Waals surface area contributed by atoms with E-state index in [1.54, 1.807) is 16.8 Å². The highest BCUT2D eigenvalue weighted by Crippen LogP contribution is 2.40. The van der Waals surface area contributed by atoms with Crippen LogP contribution in [0.4, 0.5) is 23.4 Å². The number of nitrogens with one attached hydrogen (secondary N) is 4. The molecule has 0 spiro atoms. The van der Waals surface area contributed by atoms with Gasteiger partial charge in [0.15, 0.2) is 17.5 Å². The lowest BCUT2D eigenvalue weighted by Gasteiger charge is -2.33. The van der Waals surface area contributed by atoms with Gasteiger partial charge in [-0.1, -0.05) is 0 Å². The van der Waals surface area contributed by atoms with Crippen molar-refractivity contribution in [2.45, 2.75) is 44.1 Å². The van der Waals surface area contributed by atoms with Gasteiger partial charge in [0.1, 0.15) is 11.1 Å². The second-order valence-electron chi connectivity index (χ2n) is 8.65. The summed E-state index contributed by atoms with van der Waals surface area (Å²) in [5.41, 5.74) is 1.20. The largest absolute Gasteiger partial charge is 0.325 e. The van der Waals surface area contributed by atoms with Gasteiger partial charge in [-0.3, -0.25) is 15.0 Å². The molecule has 164 valence electrons. The van der Waals surface area contributed by atoms with Crippen molar-refractivity contribution in [3.05, 3.63) is 42.4 Å². The fourth-order valence-corrected chi connectivity index (χ4v) is 4.36. The van der Waals surface area contributed by atoms with E-state index in [4.69, 9.17) is 10.1 Å². The number of carbonyl (C=O) groups excluding carboxylic acids is 1. The molecule has 0 unspecified atom stereocenters. The lowest BCUT2D eigenvalue weighted by molar-refractivity contribution is -0.120. The normalized spacial score (nSPS) is 20.7. The first-order chi connectivity index (χ1) is 15.6. The van der Waals surface area contributed by atoms with E-state index in [0.717, 1.165) is 23.4 Å². The molecule has 2 fully saturated rings. The summed E-state index contributed by atoms with van der Waals surface area (Å²) in [5, 5.41) is 25.2. The molecule has 32 heavy (non-hydrogen) atoms. The lowest BCUT2D eigenvalue weighted by Crippen LogP contribution is -2.51. The average molecular weight is 432 g/mol. The van der Waals surface area contributed by atoms with Gasteiger partial charge in [-0.25, -0.2) is 4.52 Å². The Balaban J connectivity index is 1.33. The number of rotatable bonds is 6. The minimum absolute atomic E-state index is 0.130. The van der Waals surface area contributed by atoms with Crippen LogP contribution in [-0.4, -0.2) is 53.0 Å². The van der Waals surface area contributed by atoms with Crippen LogP contribution in [0.25, 0.3) is 5.52 Å². The molecule has 11 nitrogen and oxygen atoms in total. The Morgan fingerprint density at radius 3 is 2.97 bits per heavy atom. The van der Waals surface area contributed by atoms with Crippen molar-refractivity contribution in [1.82, 2.24) is 35.0 Å². The molecule has 0 bridgehead atoms. The van der Waals surface area contributed by atoms with Gasteiger partial charge < -0.3 is 15.5 Å². The third-order valence-electron chi connectivity index (χ3n) is 6.36. The van der Waals surface area contributed by atoms with Gasteiger partial charge in [0.25, 0.3) is 5.91 Å². The van der Waals surface area contributed by atoms with Crippen LogP contribution in [0, 0.1) is 0 Å². The van der Waals surface area contributed by atoms with Crippen LogP contribution in [0.5, 0.6) is 0 Å². The Hall–Kier alpha value is -3.89. The van der Waals surface area contributed by atoms with E-state index in [9.17, 15) is 4.79 Å². The molecule has 11 heteroatoms. The van der Waals surface area contributed by atoms with Crippen molar-refractivity contribution in [2.24, 2.45) is 0 Å². The maximum atomic E-state index is 13.2. The Bertz CT molecular complexity index is 1270. The van der Waals surface area contributed by atoms with E-state index in [0.29, 0.717) is 36.5 Å². The predicted molar refractivity (Wildman–Crippen MR) is 119 cm³/mol. The molecular weight excluding hydrogens is 408 g/mol. The van der Waals surface area contributed by atoms with Gasteiger partial charge >= 0.3 is 0 Å². The molecule has 1 amide bonds. The molecule has 6 rings (SSSR count). The molecular formula is C21H24N10O. The Morgan fingerprint density at radius 2 is 2.16 bits per heavy atom. The highest BCUT2D eigenvalue weighted by molar-refractivity contribution is 5.99. The van der Waals surface area contributed by atoms with Crippen molar-refractivity contribution in [3.8, 4) is 0 Å². The van der Waals surface area contributed by atoms with Crippen LogP contribution in [0.3, 0.4) is 0 Å². The Kier molecular flexibility index (Phi) is 4.17. The van der Waals surface area contributed by atoms with Gasteiger partial charge in [-0.05, 0) is 44.7 Å². The molecule has 0 radical (unpaired) electrons. The standard InChI is InChI=1S/C21H24N10O/c1-21(19(32)24-16-7-9-22-27-16)8-3-10-30(21)20-25-18(15-4-2-11-31(15)29-20)23-17-12-14(26-28-17)13-5-6-13/h2,4,7,9,11-13H,3,5-6,8,10H2,1H3,(H2,22,24,27,32)(H2,23,25,26,28,29)/t21-/m0/s1. The zero-order valence-electron chi connectivity index (χ0n) is 17.7. The maximum absolute atomic E-state index is 13.2. The van der Waals surface area contributed by atoms with E-state index >= 15 is 0 Å². The molecule has 1 atom stereocenters. The van der Waals surface area contributed by atoms with Crippen LogP contribution in [-0.2, 0) is 4.79 Å². The minimum atomic E-state index is -0.789. The van der Waals surface area contributed by atoms with E-state index < -0.39 is 5.54 Å². The van der Waals surface area contributed by atoms with Crippen molar-refractivity contribution in [2.75, 3.05) is 22.1 Å². The maximum Gasteiger partial charge on any atom is 0.251 e. The first kappa shape index (κ1) is 18.8. The molecule has 4 aromatic heterocycles. The van der Waals surface area contributed by atoms with Gasteiger partial charge in [-0.2, -0.15) is 15.2 Å². The third-order valence-corrected chi connectivity index (χ3v) is 6.36. The molecule has 1 saturated carbocycles. The number of carbonyl (C=O) groups is 1. The van der Waals surface area contributed by atoms with E-state index in [1.807, 2.05) is 36.2 Å². The lowest BCUT2D eigenvalue weighted by atomic mass is 9.98. The summed E-state index contributed by atoms with van der Waals surface area (Å²) in [4.78, 5) is 20.0. The van der Waals surface area contributed by atoms with Crippen molar-refractivity contribution >= 4 is 34.8 Å². The third kappa shape index (κ3) is 3.17. The Labute approximate surface area is 183 Å². The Morgan fingerprint density at radius 1 is 1.25 bits per heavy atom. The van der Waals surface area contributed by atoms with Crippen LogP contribution in [0.15, 0.2) is 36.7 Å². The smallest absolute Gasteiger partial charge is 0.251 e. The second-order valence-corrected chi connectivity index (χ2v) is 8.65. The number of aromatic nitrogens is 7. The number of aromatic amines is 2. The highest BCUT2D eigenvalue weighted by atomic mass is 16.2. The van der Waals surface area contributed by atoms with E-state index in [-0.39, 0.29) is 5.91 Å². The number of fused-ring (bicyclic) bond motifs is 1. The average Bonchev–Trinajstić information content (AvgIpc) is 3.22. The molecule has 1 aliphatic heterocycles. The zero-order valence-corrected chi connectivity index (χ0v) is 17.7. The number of amides is 1. The summed E-state index contributed by atoms with van der Waals surface area (Å²) in [6.07, 6.45) is 7.53. The zero-order chi connectivity index (χ0) is 21.7. The van der Waals surface area contributed by atoms with Crippen molar-refractivity contribution in [3.63, 3.8) is 0 Å². The van der Waals surface area contributed by atoms with Crippen LogP contribution < -0.4 is 15.5 Å². The molecule has 5 heterocycles. The van der Waals surface area contributed by atoms with E-state index in [2.05, 4.69) is 31.0 Å². The SMILES string of the molecule is C[C@@]1(C(=O)Nc2cc[nH]n2)CCCN1c1nc(Nc2cc(C3CC3)[nH]n2)c2cccn2n1. The fraction of sp³-hybridized carbons (Fsp3) is 0.381. The summed E-state index contributed by atoms with van der Waals surface area (Å²) in [6.45, 7) is 2.61. The number of hydrogen-bond acceptors (Lipinski definition) is 7. The van der Waals surface area contributed by atoms with Crippen LogP contribution in [0.2, 0.25) is 0 Å². The molecule has 4 N–H and O–H groups in total. The first-order valence-corrected chi connectivity index (χ1v) is 10.9. The van der Waals surface area contributed by atoms with Crippen molar-refractivity contribution < 1.29 is 4.79 Å². The summed E-state index contributed by atoms with van der Waals surface area (Å²) in [7, 11) is 0. The predicted octanol–water partition coefficient (Wildman–Crippen LogP) is 2.79. The summed E-state index contributed by atoms with van der Waals surface area (Å²) >= 11 is 0. The quantitative estimate of drug-likeness (QED) is 0.368. The fourth-order valence-electron chi connectivity index (χ4n) is 4.36. The van der Waals surface area contributed by atoms with E-state index in [1.165, 1.54) is 12.8 Å². The first-order valence-electron chi connectivity index (χ1n) is 10.9. The van der Waals surface area contributed by atoms with Crippen LogP contribution >= 0.6 is 0 Å². The number of hydrogen-bond donors (Lipinski definition) is 4. The summed E-state index contributed by atoms with van der Waals surface area (Å²) in [6, 6.07) is 7.64. The molecule has 0 aromatic carbocycles. The van der Waals surface area contributed by atoms with Gasteiger partial charge in [0.2, 0.25) is 5.95 Å². The monoisotopic (exact) mass is 432 g/mol. The van der Waals surface area contributed by atoms with Crippen LogP contribution in [0.1, 0.15) is 44.2 Å². The number of anilines is 4. The molecule has 1 saturated heterocycles. The highest BCUT2D eigenvalue weighted by Gasteiger charge is 2.45. The molecule has 1 aliphatic carbocycles.